The van der Waals surface area contributed by atoms with Crippen molar-refractivity contribution in [2.75, 3.05) is 11.4 Å². The molecule has 0 amide bonds. The topological polar surface area (TPSA) is 29.3 Å². The minimum Gasteiger partial charge on any atom is -0.339 e. The lowest BCUT2D eigenvalue weighted by molar-refractivity contribution is 0.625. The lowest BCUT2D eigenvalue weighted by Crippen LogP contribution is -2.20. The van der Waals surface area contributed by atoms with E-state index in [-0.39, 0.29) is 11.9 Å². The summed E-state index contributed by atoms with van der Waals surface area (Å²) in [5, 5.41) is 0. The molecule has 0 radical (unpaired) electrons. The first-order chi connectivity index (χ1) is 9.15. The van der Waals surface area contributed by atoms with Gasteiger partial charge in [-0.15, -0.1) is 0 Å². The smallest absolute Gasteiger partial charge is 0.146 e. The van der Waals surface area contributed by atoms with E-state index in [0.717, 1.165) is 11.3 Å². The van der Waals surface area contributed by atoms with Gasteiger partial charge in [-0.2, -0.15) is 0 Å². The number of anilines is 2. The zero-order valence-electron chi connectivity index (χ0n) is 11.3. The monoisotopic (exact) mass is 258 g/mol. The molecular weight excluding hydrogens is 239 g/mol. The van der Waals surface area contributed by atoms with Crippen LogP contribution in [0.25, 0.3) is 0 Å². The zero-order valence-corrected chi connectivity index (χ0v) is 11.3. The van der Waals surface area contributed by atoms with Crippen molar-refractivity contribution >= 4 is 11.4 Å². The van der Waals surface area contributed by atoms with Gasteiger partial charge in [-0.05, 0) is 37.6 Å². The molecule has 0 aliphatic heterocycles. The van der Waals surface area contributed by atoms with Crippen molar-refractivity contribution < 1.29 is 4.39 Å². The molecule has 19 heavy (non-hydrogen) atoms. The third-order valence-electron chi connectivity index (χ3n) is 3.18. The standard InChI is InChI=1S/C16H19FN2/c1-3-19(16-11-7-5-9-14(16)17)15-10-6-4-8-13(15)12(2)18/h4-12H,3,18H2,1-2H3/t12-/m0/s1. The second-order valence-corrected chi connectivity index (χ2v) is 4.54. The van der Waals surface area contributed by atoms with Crippen molar-refractivity contribution in [1.29, 1.82) is 0 Å². The van der Waals surface area contributed by atoms with Crippen molar-refractivity contribution in [2.45, 2.75) is 19.9 Å². The van der Waals surface area contributed by atoms with Crippen molar-refractivity contribution in [2.24, 2.45) is 5.73 Å². The van der Waals surface area contributed by atoms with E-state index < -0.39 is 0 Å². The Morgan fingerprint density at radius 2 is 1.63 bits per heavy atom. The normalized spacial score (nSPS) is 12.2. The maximum Gasteiger partial charge on any atom is 0.146 e. The van der Waals surface area contributed by atoms with Gasteiger partial charge in [0, 0.05) is 18.3 Å². The highest BCUT2D eigenvalue weighted by Crippen LogP contribution is 2.32. The number of hydrogen-bond acceptors (Lipinski definition) is 2. The van der Waals surface area contributed by atoms with Gasteiger partial charge in [0.05, 0.1) is 5.69 Å². The van der Waals surface area contributed by atoms with Gasteiger partial charge in [0.2, 0.25) is 0 Å². The number of halogens is 1. The van der Waals surface area contributed by atoms with Crippen LogP contribution in [0.2, 0.25) is 0 Å². The van der Waals surface area contributed by atoms with E-state index in [1.807, 2.05) is 49.1 Å². The Morgan fingerprint density at radius 3 is 2.21 bits per heavy atom. The predicted octanol–water partition coefficient (Wildman–Crippen LogP) is 4.00. The van der Waals surface area contributed by atoms with Gasteiger partial charge >= 0.3 is 0 Å². The van der Waals surface area contributed by atoms with Gasteiger partial charge in [-0.1, -0.05) is 30.3 Å². The molecule has 2 N–H and O–H groups in total. The molecule has 0 saturated carbocycles. The van der Waals surface area contributed by atoms with Crippen LogP contribution in [0, 0.1) is 5.82 Å². The lowest BCUT2D eigenvalue weighted by Gasteiger charge is -2.27. The molecule has 0 saturated heterocycles. The Kier molecular flexibility index (Phi) is 4.17. The third-order valence-corrected chi connectivity index (χ3v) is 3.18. The van der Waals surface area contributed by atoms with Crippen LogP contribution in [-0.4, -0.2) is 6.54 Å². The fourth-order valence-corrected chi connectivity index (χ4v) is 2.26. The predicted molar refractivity (Wildman–Crippen MR) is 78.1 cm³/mol. The van der Waals surface area contributed by atoms with E-state index in [4.69, 9.17) is 5.73 Å². The highest BCUT2D eigenvalue weighted by atomic mass is 19.1. The molecule has 2 rings (SSSR count). The van der Waals surface area contributed by atoms with Crippen molar-refractivity contribution in [3.05, 3.63) is 59.9 Å². The maximum atomic E-state index is 14.0. The zero-order chi connectivity index (χ0) is 13.8. The summed E-state index contributed by atoms with van der Waals surface area (Å²) in [6, 6.07) is 14.6. The molecule has 1 atom stereocenters. The second-order valence-electron chi connectivity index (χ2n) is 4.54. The van der Waals surface area contributed by atoms with E-state index in [1.165, 1.54) is 6.07 Å². The van der Waals surface area contributed by atoms with Crippen LogP contribution in [0.5, 0.6) is 0 Å². The summed E-state index contributed by atoms with van der Waals surface area (Å²) in [5.41, 5.74) is 8.57. The molecule has 0 spiro atoms. The Bertz CT molecular complexity index is 552. The fourth-order valence-electron chi connectivity index (χ4n) is 2.26. The highest BCUT2D eigenvalue weighted by molar-refractivity contribution is 5.67. The van der Waals surface area contributed by atoms with Crippen molar-refractivity contribution in [3.63, 3.8) is 0 Å². The number of para-hydroxylation sites is 2. The van der Waals surface area contributed by atoms with E-state index >= 15 is 0 Å². The van der Waals surface area contributed by atoms with Crippen LogP contribution >= 0.6 is 0 Å². The summed E-state index contributed by atoms with van der Waals surface area (Å²) in [6.45, 7) is 4.63. The Hall–Kier alpha value is -1.87. The first-order valence-electron chi connectivity index (χ1n) is 6.51. The largest absolute Gasteiger partial charge is 0.339 e. The minimum atomic E-state index is -0.219. The molecule has 3 heteroatoms. The number of rotatable bonds is 4. The Morgan fingerprint density at radius 1 is 1.05 bits per heavy atom. The van der Waals surface area contributed by atoms with Crippen molar-refractivity contribution in [3.8, 4) is 0 Å². The van der Waals surface area contributed by atoms with Crippen LogP contribution < -0.4 is 10.6 Å². The molecule has 0 aliphatic rings. The van der Waals surface area contributed by atoms with Crippen LogP contribution in [0.15, 0.2) is 48.5 Å². The Balaban J connectivity index is 2.52. The van der Waals surface area contributed by atoms with Gasteiger partial charge in [0.25, 0.3) is 0 Å². The first-order valence-corrected chi connectivity index (χ1v) is 6.51. The van der Waals surface area contributed by atoms with Crippen LogP contribution in [0.4, 0.5) is 15.8 Å². The molecule has 0 unspecified atom stereocenters. The summed E-state index contributed by atoms with van der Waals surface area (Å²) < 4.78 is 14.0. The second kappa shape index (κ2) is 5.85. The van der Waals surface area contributed by atoms with E-state index in [9.17, 15) is 4.39 Å². The Labute approximate surface area is 113 Å². The average molecular weight is 258 g/mol. The number of hydrogen-bond donors (Lipinski definition) is 1. The van der Waals surface area contributed by atoms with Gasteiger partial charge in [-0.25, -0.2) is 4.39 Å². The van der Waals surface area contributed by atoms with Crippen LogP contribution in [0.1, 0.15) is 25.5 Å². The summed E-state index contributed by atoms with van der Waals surface area (Å²) in [4.78, 5) is 1.95. The fraction of sp³-hybridized carbons (Fsp3) is 0.250. The van der Waals surface area contributed by atoms with Crippen LogP contribution in [-0.2, 0) is 0 Å². The average Bonchev–Trinajstić information content (AvgIpc) is 2.42. The molecule has 2 aromatic carbocycles. The summed E-state index contributed by atoms with van der Waals surface area (Å²) >= 11 is 0. The van der Waals surface area contributed by atoms with Gasteiger partial charge in [0.15, 0.2) is 0 Å². The minimum absolute atomic E-state index is 0.0861. The van der Waals surface area contributed by atoms with Crippen LogP contribution in [0.3, 0.4) is 0 Å². The molecule has 0 heterocycles. The molecule has 0 fully saturated rings. The van der Waals surface area contributed by atoms with E-state index in [1.54, 1.807) is 12.1 Å². The molecule has 0 aliphatic carbocycles. The molecular formula is C16H19FN2. The molecule has 0 aromatic heterocycles. The maximum absolute atomic E-state index is 14.0. The summed E-state index contributed by atoms with van der Waals surface area (Å²) in [6.07, 6.45) is 0. The number of nitrogens with two attached hydrogens (primary N) is 1. The van der Waals surface area contributed by atoms with Crippen molar-refractivity contribution in [1.82, 2.24) is 0 Å². The van der Waals surface area contributed by atoms with Gasteiger partial charge in [-0.3, -0.25) is 0 Å². The van der Waals surface area contributed by atoms with E-state index in [0.29, 0.717) is 12.2 Å². The molecule has 100 valence electrons. The summed E-state index contributed by atoms with van der Waals surface area (Å²) in [7, 11) is 0. The number of nitrogens with zero attached hydrogens (tertiary/aromatic N) is 1. The number of benzene rings is 2. The third kappa shape index (κ3) is 2.76. The van der Waals surface area contributed by atoms with Gasteiger partial charge in [0.1, 0.15) is 5.82 Å². The summed E-state index contributed by atoms with van der Waals surface area (Å²) in [5.74, 6) is -0.219. The highest BCUT2D eigenvalue weighted by Gasteiger charge is 2.16. The van der Waals surface area contributed by atoms with Gasteiger partial charge < -0.3 is 10.6 Å². The molecule has 2 nitrogen and oxygen atoms in total. The SMILES string of the molecule is CCN(c1ccccc1F)c1ccccc1[C@H](C)N. The molecule has 2 aromatic rings. The quantitative estimate of drug-likeness (QED) is 0.898. The molecule has 0 bridgehead atoms. The first kappa shape index (κ1) is 13.6. The van der Waals surface area contributed by atoms with E-state index in [2.05, 4.69) is 0 Å². The lowest BCUT2D eigenvalue weighted by atomic mass is 10.1.